The lowest BCUT2D eigenvalue weighted by Gasteiger charge is -2.21. The lowest BCUT2D eigenvalue weighted by molar-refractivity contribution is 0.442. The number of hydrogen-bond donors (Lipinski definition) is 1. The summed E-state index contributed by atoms with van der Waals surface area (Å²) < 4.78 is 2.05. The van der Waals surface area contributed by atoms with Crippen LogP contribution in [0.3, 0.4) is 0 Å². The van der Waals surface area contributed by atoms with Crippen LogP contribution < -0.4 is 5.43 Å². The summed E-state index contributed by atoms with van der Waals surface area (Å²) in [6.45, 7) is 6.82. The molecule has 0 amide bonds. The van der Waals surface area contributed by atoms with Crippen LogP contribution in [-0.4, -0.2) is 10.7 Å². The summed E-state index contributed by atoms with van der Waals surface area (Å²) in [6.07, 6.45) is 7.82. The molecule has 0 saturated heterocycles. The fraction of sp³-hybridized carbons (Fsp3) is 0.667. The Bertz CT molecular complexity index is 228. The van der Waals surface area contributed by atoms with Crippen molar-refractivity contribution in [1.29, 1.82) is 0 Å². The van der Waals surface area contributed by atoms with E-state index in [4.69, 9.17) is 0 Å². The SMILES string of the molecule is CCC(C)CC(CC)Nn1cccc1. The summed E-state index contributed by atoms with van der Waals surface area (Å²) in [5.41, 5.74) is 3.49. The summed E-state index contributed by atoms with van der Waals surface area (Å²) in [6, 6.07) is 4.68. The van der Waals surface area contributed by atoms with Gasteiger partial charge in [-0.05, 0) is 30.9 Å². The second-order valence-corrected chi connectivity index (χ2v) is 4.07. The van der Waals surface area contributed by atoms with Crippen LogP contribution in [0.4, 0.5) is 0 Å². The minimum absolute atomic E-state index is 0.595. The van der Waals surface area contributed by atoms with E-state index in [1.54, 1.807) is 0 Å². The molecule has 1 rings (SSSR count). The van der Waals surface area contributed by atoms with E-state index in [0.717, 1.165) is 5.92 Å². The Labute approximate surface area is 87.3 Å². The number of hydrogen-bond acceptors (Lipinski definition) is 1. The third-order valence-corrected chi connectivity index (χ3v) is 2.81. The van der Waals surface area contributed by atoms with E-state index in [-0.39, 0.29) is 0 Å². The molecule has 2 atom stereocenters. The maximum atomic E-state index is 3.49. The van der Waals surface area contributed by atoms with E-state index in [0.29, 0.717) is 6.04 Å². The lowest BCUT2D eigenvalue weighted by atomic mass is 9.98. The van der Waals surface area contributed by atoms with Gasteiger partial charge in [-0.15, -0.1) is 0 Å². The minimum atomic E-state index is 0.595. The van der Waals surface area contributed by atoms with Crippen molar-refractivity contribution < 1.29 is 0 Å². The molecule has 0 aliphatic rings. The van der Waals surface area contributed by atoms with Crippen LogP contribution in [0.2, 0.25) is 0 Å². The van der Waals surface area contributed by atoms with Crippen LogP contribution in [-0.2, 0) is 0 Å². The summed E-state index contributed by atoms with van der Waals surface area (Å²) >= 11 is 0. The van der Waals surface area contributed by atoms with E-state index in [1.165, 1.54) is 19.3 Å². The van der Waals surface area contributed by atoms with Gasteiger partial charge >= 0.3 is 0 Å². The number of nitrogens with zero attached hydrogens (tertiary/aromatic N) is 1. The Morgan fingerprint density at radius 2 is 1.79 bits per heavy atom. The summed E-state index contributed by atoms with van der Waals surface area (Å²) in [4.78, 5) is 0. The van der Waals surface area contributed by atoms with Crippen LogP contribution >= 0.6 is 0 Å². The molecule has 80 valence electrons. The zero-order chi connectivity index (χ0) is 10.4. The Morgan fingerprint density at radius 3 is 2.29 bits per heavy atom. The lowest BCUT2D eigenvalue weighted by Crippen LogP contribution is -2.28. The molecule has 2 unspecified atom stereocenters. The quantitative estimate of drug-likeness (QED) is 0.735. The van der Waals surface area contributed by atoms with Crippen molar-refractivity contribution in [2.75, 3.05) is 5.43 Å². The van der Waals surface area contributed by atoms with Gasteiger partial charge in [0.2, 0.25) is 0 Å². The van der Waals surface area contributed by atoms with Crippen molar-refractivity contribution >= 4 is 0 Å². The predicted molar refractivity (Wildman–Crippen MR) is 61.9 cm³/mol. The van der Waals surface area contributed by atoms with E-state index in [2.05, 4.69) is 43.3 Å². The molecule has 2 heteroatoms. The number of nitrogens with one attached hydrogen (secondary N) is 1. The van der Waals surface area contributed by atoms with Crippen LogP contribution in [0.5, 0.6) is 0 Å². The van der Waals surface area contributed by atoms with Gasteiger partial charge in [-0.1, -0.05) is 27.2 Å². The molecule has 0 spiro atoms. The maximum Gasteiger partial charge on any atom is 0.0424 e. The van der Waals surface area contributed by atoms with Crippen molar-refractivity contribution in [3.8, 4) is 0 Å². The molecule has 0 fully saturated rings. The molecule has 2 nitrogen and oxygen atoms in total. The molecule has 0 aromatic carbocycles. The molecule has 1 aromatic rings. The normalized spacial score (nSPS) is 15.1. The highest BCUT2D eigenvalue weighted by Crippen LogP contribution is 2.12. The van der Waals surface area contributed by atoms with Crippen LogP contribution in [0.1, 0.15) is 40.0 Å². The highest BCUT2D eigenvalue weighted by molar-refractivity contribution is 4.95. The van der Waals surface area contributed by atoms with E-state index in [1.807, 2.05) is 12.1 Å². The van der Waals surface area contributed by atoms with Gasteiger partial charge in [0, 0.05) is 18.4 Å². The number of aromatic nitrogens is 1. The molecule has 0 radical (unpaired) electrons. The Balaban J connectivity index is 2.39. The first-order valence-corrected chi connectivity index (χ1v) is 5.65. The topological polar surface area (TPSA) is 17.0 Å². The first-order chi connectivity index (χ1) is 6.76. The van der Waals surface area contributed by atoms with Gasteiger partial charge in [-0.2, -0.15) is 0 Å². The summed E-state index contributed by atoms with van der Waals surface area (Å²) in [5.74, 6) is 0.808. The van der Waals surface area contributed by atoms with Gasteiger partial charge in [0.25, 0.3) is 0 Å². The highest BCUT2D eigenvalue weighted by atomic mass is 15.4. The van der Waals surface area contributed by atoms with E-state index >= 15 is 0 Å². The third kappa shape index (κ3) is 3.44. The summed E-state index contributed by atoms with van der Waals surface area (Å²) in [7, 11) is 0. The zero-order valence-electron chi connectivity index (χ0n) is 9.53. The molecular weight excluding hydrogens is 172 g/mol. The van der Waals surface area contributed by atoms with Crippen LogP contribution in [0.15, 0.2) is 24.5 Å². The predicted octanol–water partition coefficient (Wildman–Crippen LogP) is 3.25. The second kappa shape index (κ2) is 5.74. The third-order valence-electron chi connectivity index (χ3n) is 2.81. The fourth-order valence-electron chi connectivity index (χ4n) is 1.59. The monoisotopic (exact) mass is 194 g/mol. The van der Waals surface area contributed by atoms with Gasteiger partial charge < -0.3 is 5.43 Å². The molecule has 0 bridgehead atoms. The van der Waals surface area contributed by atoms with Crippen molar-refractivity contribution in [1.82, 2.24) is 4.68 Å². The zero-order valence-corrected chi connectivity index (χ0v) is 9.53. The van der Waals surface area contributed by atoms with Crippen LogP contribution in [0.25, 0.3) is 0 Å². The fourth-order valence-corrected chi connectivity index (χ4v) is 1.59. The van der Waals surface area contributed by atoms with Crippen molar-refractivity contribution in [3.05, 3.63) is 24.5 Å². The maximum absolute atomic E-state index is 3.49. The second-order valence-electron chi connectivity index (χ2n) is 4.07. The van der Waals surface area contributed by atoms with Crippen molar-refractivity contribution in [2.24, 2.45) is 5.92 Å². The van der Waals surface area contributed by atoms with Crippen molar-refractivity contribution in [3.63, 3.8) is 0 Å². The first-order valence-electron chi connectivity index (χ1n) is 5.65. The van der Waals surface area contributed by atoms with Gasteiger partial charge in [0.15, 0.2) is 0 Å². The van der Waals surface area contributed by atoms with Gasteiger partial charge in [-0.3, -0.25) is 4.68 Å². The Kier molecular flexibility index (Phi) is 4.57. The molecule has 14 heavy (non-hydrogen) atoms. The molecule has 0 aliphatic carbocycles. The van der Waals surface area contributed by atoms with E-state index < -0.39 is 0 Å². The Morgan fingerprint density at radius 1 is 1.14 bits per heavy atom. The Hall–Kier alpha value is -0.920. The smallest absolute Gasteiger partial charge is 0.0424 e. The standard InChI is InChI=1S/C12H22N2/c1-4-11(3)10-12(5-2)13-14-8-6-7-9-14/h6-9,11-13H,4-5,10H2,1-3H3. The van der Waals surface area contributed by atoms with E-state index in [9.17, 15) is 0 Å². The van der Waals surface area contributed by atoms with Gasteiger partial charge in [0.1, 0.15) is 0 Å². The molecule has 0 saturated carbocycles. The summed E-state index contributed by atoms with van der Waals surface area (Å²) in [5, 5.41) is 0. The van der Waals surface area contributed by atoms with Gasteiger partial charge in [-0.25, -0.2) is 0 Å². The van der Waals surface area contributed by atoms with Gasteiger partial charge in [0.05, 0.1) is 0 Å². The molecule has 1 heterocycles. The average molecular weight is 194 g/mol. The van der Waals surface area contributed by atoms with Crippen molar-refractivity contribution in [2.45, 2.75) is 46.1 Å². The minimum Gasteiger partial charge on any atom is -0.323 e. The molecule has 0 aliphatic heterocycles. The molecule has 1 N–H and O–H groups in total. The first kappa shape index (κ1) is 11.2. The molecular formula is C12H22N2. The highest BCUT2D eigenvalue weighted by Gasteiger charge is 2.09. The average Bonchev–Trinajstić information content (AvgIpc) is 2.69. The largest absolute Gasteiger partial charge is 0.323 e. The number of rotatable bonds is 6. The molecule has 1 aromatic heterocycles. The van der Waals surface area contributed by atoms with Crippen LogP contribution in [0, 0.1) is 5.92 Å².